The highest BCUT2D eigenvalue weighted by atomic mass is 35.5. The molecular weight excluding hydrogens is 386 g/mol. The van der Waals surface area contributed by atoms with E-state index in [-0.39, 0.29) is 11.7 Å². The van der Waals surface area contributed by atoms with Gasteiger partial charge in [0.2, 0.25) is 5.12 Å². The summed E-state index contributed by atoms with van der Waals surface area (Å²) in [6.45, 7) is 0.230. The zero-order valence-electron chi connectivity index (χ0n) is 13.6. The molecule has 3 rings (SSSR count). The maximum atomic E-state index is 12.2. The van der Waals surface area contributed by atoms with Crippen LogP contribution in [0.4, 0.5) is 0 Å². The molecule has 0 saturated heterocycles. The van der Waals surface area contributed by atoms with Crippen molar-refractivity contribution < 1.29 is 9.53 Å². The van der Waals surface area contributed by atoms with Crippen LogP contribution in [0.15, 0.2) is 59.2 Å². The molecule has 0 unspecified atom stereocenters. The number of hydrogen-bond acceptors (Lipinski definition) is 5. The Bertz CT molecular complexity index is 897. The second kappa shape index (κ2) is 9.00. The number of rotatable bonds is 5. The minimum Gasteiger partial charge on any atom is -0.481 e. The first kappa shape index (κ1) is 18.7. The summed E-state index contributed by atoms with van der Waals surface area (Å²) in [6.07, 6.45) is 6.94. The van der Waals surface area contributed by atoms with Crippen molar-refractivity contribution in [3.63, 3.8) is 0 Å². The Balaban J connectivity index is 1.64. The highest BCUT2D eigenvalue weighted by molar-refractivity contribution is 8.45. The second-order valence-corrected chi connectivity index (χ2v) is 7.89. The van der Waals surface area contributed by atoms with Crippen LogP contribution < -0.4 is 4.74 Å². The Labute approximate surface area is 165 Å². The monoisotopic (exact) mass is 399 g/mol. The average Bonchev–Trinajstić information content (AvgIpc) is 3.00. The number of ether oxygens (including phenoxy) is 1. The van der Waals surface area contributed by atoms with E-state index in [4.69, 9.17) is 22.8 Å². The summed E-state index contributed by atoms with van der Waals surface area (Å²) in [5.41, 5.74) is 2.47. The first-order valence-electron chi connectivity index (χ1n) is 7.70. The molecule has 2 aromatic rings. The third kappa shape index (κ3) is 5.18. The van der Waals surface area contributed by atoms with Gasteiger partial charge in [0.05, 0.1) is 0 Å². The molecular formula is C20H14ClNO2S2. The summed E-state index contributed by atoms with van der Waals surface area (Å²) < 4.78 is 6.09. The van der Waals surface area contributed by atoms with Gasteiger partial charge in [-0.15, -0.1) is 6.42 Å². The lowest BCUT2D eigenvalue weighted by atomic mass is 10.2. The minimum absolute atomic E-state index is 0.0451. The van der Waals surface area contributed by atoms with Crippen LogP contribution in [-0.4, -0.2) is 16.1 Å². The van der Waals surface area contributed by atoms with E-state index in [2.05, 4.69) is 10.9 Å². The first-order chi connectivity index (χ1) is 12.6. The van der Waals surface area contributed by atoms with Crippen molar-refractivity contribution >= 4 is 50.7 Å². The Kier molecular flexibility index (Phi) is 6.45. The fourth-order valence-corrected chi connectivity index (χ4v) is 4.04. The van der Waals surface area contributed by atoms with Crippen LogP contribution in [0, 0.1) is 12.3 Å². The molecule has 0 radical (unpaired) electrons. The zero-order chi connectivity index (χ0) is 18.4. The molecule has 0 aromatic heterocycles. The van der Waals surface area contributed by atoms with Gasteiger partial charge in [-0.05, 0) is 53.2 Å². The highest BCUT2D eigenvalue weighted by Crippen LogP contribution is 2.32. The predicted octanol–water partition coefficient (Wildman–Crippen LogP) is 5.26. The van der Waals surface area contributed by atoms with E-state index >= 15 is 0 Å². The molecule has 3 nitrogen and oxygen atoms in total. The van der Waals surface area contributed by atoms with Crippen LogP contribution >= 0.6 is 35.1 Å². The summed E-state index contributed by atoms with van der Waals surface area (Å²) in [6, 6.07) is 15.0. The van der Waals surface area contributed by atoms with Gasteiger partial charge < -0.3 is 4.74 Å². The number of nitrogens with zero attached hydrogens (tertiary/aromatic N) is 1. The van der Waals surface area contributed by atoms with E-state index in [0.717, 1.165) is 33.0 Å². The molecule has 130 valence electrons. The number of terminal acetylenes is 1. The minimum atomic E-state index is -0.0451. The van der Waals surface area contributed by atoms with E-state index in [0.29, 0.717) is 16.5 Å². The molecule has 6 heteroatoms. The van der Waals surface area contributed by atoms with Crippen molar-refractivity contribution in [1.29, 1.82) is 0 Å². The van der Waals surface area contributed by atoms with E-state index in [1.165, 1.54) is 0 Å². The standard InChI is InChI=1S/C20H14ClNO2S2/c1-2-11-24-17-9-5-14(6-10-17)12-18-19(23)26-20(22-18)25-13-15-3-7-16(21)8-4-15/h1,3-10,12H,11,13H2/b18-12-. The number of aliphatic imine (C=N–C) groups is 1. The van der Waals surface area contributed by atoms with Crippen molar-refractivity contribution in [2.75, 3.05) is 6.61 Å². The smallest absolute Gasteiger partial charge is 0.244 e. The lowest BCUT2D eigenvalue weighted by Gasteiger charge is -2.02. The summed E-state index contributed by atoms with van der Waals surface area (Å²) in [5.74, 6) is 3.85. The van der Waals surface area contributed by atoms with Gasteiger partial charge in [-0.1, -0.05) is 53.5 Å². The number of thioether (sulfide) groups is 2. The molecule has 26 heavy (non-hydrogen) atoms. The zero-order valence-corrected chi connectivity index (χ0v) is 16.0. The summed E-state index contributed by atoms with van der Waals surface area (Å²) >= 11 is 8.59. The van der Waals surface area contributed by atoms with Gasteiger partial charge in [-0.3, -0.25) is 4.79 Å². The van der Waals surface area contributed by atoms with Crippen molar-refractivity contribution in [2.45, 2.75) is 5.75 Å². The third-order valence-corrected chi connectivity index (χ3v) is 5.71. The van der Waals surface area contributed by atoms with Crippen molar-refractivity contribution in [3.05, 3.63) is 70.4 Å². The molecule has 0 bridgehead atoms. The molecule has 1 aliphatic heterocycles. The Hall–Kier alpha value is -2.13. The lowest BCUT2D eigenvalue weighted by molar-refractivity contribution is -0.107. The topological polar surface area (TPSA) is 38.7 Å². The Morgan fingerprint density at radius 1 is 1.19 bits per heavy atom. The van der Waals surface area contributed by atoms with Crippen molar-refractivity contribution in [2.24, 2.45) is 4.99 Å². The average molecular weight is 400 g/mol. The van der Waals surface area contributed by atoms with Gasteiger partial charge >= 0.3 is 0 Å². The van der Waals surface area contributed by atoms with E-state index < -0.39 is 0 Å². The molecule has 2 aromatic carbocycles. The molecule has 0 amide bonds. The second-order valence-electron chi connectivity index (χ2n) is 5.27. The Morgan fingerprint density at radius 2 is 1.92 bits per heavy atom. The lowest BCUT2D eigenvalue weighted by Crippen LogP contribution is -1.93. The van der Waals surface area contributed by atoms with E-state index in [1.807, 2.05) is 48.5 Å². The molecule has 0 atom stereocenters. The summed E-state index contributed by atoms with van der Waals surface area (Å²) in [5, 5.41) is 0.665. The number of halogens is 1. The Morgan fingerprint density at radius 3 is 2.62 bits per heavy atom. The van der Waals surface area contributed by atoms with Crippen LogP contribution in [0.5, 0.6) is 5.75 Å². The molecule has 0 spiro atoms. The van der Waals surface area contributed by atoms with Crippen LogP contribution in [0.2, 0.25) is 5.02 Å². The number of benzene rings is 2. The molecule has 0 fully saturated rings. The highest BCUT2D eigenvalue weighted by Gasteiger charge is 2.22. The van der Waals surface area contributed by atoms with Crippen LogP contribution in [0.3, 0.4) is 0 Å². The van der Waals surface area contributed by atoms with Crippen LogP contribution in [0.25, 0.3) is 6.08 Å². The summed E-state index contributed by atoms with van der Waals surface area (Å²) in [7, 11) is 0. The predicted molar refractivity (Wildman–Crippen MR) is 112 cm³/mol. The van der Waals surface area contributed by atoms with Gasteiger partial charge in [0.15, 0.2) is 0 Å². The SMILES string of the molecule is C#CCOc1ccc(/C=C2\N=C(SCc3ccc(Cl)cc3)SC2=O)cc1. The number of carbonyl (C=O) groups excluding carboxylic acids is 1. The quantitative estimate of drug-likeness (QED) is 0.508. The maximum Gasteiger partial charge on any atom is 0.244 e. The molecule has 0 saturated carbocycles. The molecule has 0 N–H and O–H groups in total. The van der Waals surface area contributed by atoms with Crippen LogP contribution in [-0.2, 0) is 10.5 Å². The number of carbonyl (C=O) groups is 1. The van der Waals surface area contributed by atoms with Gasteiger partial charge in [0, 0.05) is 10.8 Å². The van der Waals surface area contributed by atoms with Crippen molar-refractivity contribution in [3.8, 4) is 18.1 Å². The largest absolute Gasteiger partial charge is 0.481 e. The summed E-state index contributed by atoms with van der Waals surface area (Å²) in [4.78, 5) is 16.6. The van der Waals surface area contributed by atoms with Gasteiger partial charge in [0.25, 0.3) is 0 Å². The third-order valence-electron chi connectivity index (χ3n) is 3.38. The molecule has 0 aliphatic carbocycles. The fraction of sp³-hybridized carbons (Fsp3) is 0.100. The fourth-order valence-electron chi connectivity index (χ4n) is 2.12. The van der Waals surface area contributed by atoms with Gasteiger partial charge in [-0.2, -0.15) is 0 Å². The van der Waals surface area contributed by atoms with Crippen LogP contribution in [0.1, 0.15) is 11.1 Å². The molecule has 1 aliphatic rings. The van der Waals surface area contributed by atoms with Crippen molar-refractivity contribution in [1.82, 2.24) is 0 Å². The van der Waals surface area contributed by atoms with E-state index in [1.54, 1.807) is 17.8 Å². The maximum absolute atomic E-state index is 12.2. The van der Waals surface area contributed by atoms with Gasteiger partial charge in [-0.25, -0.2) is 4.99 Å². The molecule has 1 heterocycles. The first-order valence-corrected chi connectivity index (χ1v) is 9.88. The van der Waals surface area contributed by atoms with E-state index in [9.17, 15) is 4.79 Å². The van der Waals surface area contributed by atoms with Gasteiger partial charge in [0.1, 0.15) is 22.4 Å². The normalized spacial score (nSPS) is 15.0. The number of hydrogen-bond donors (Lipinski definition) is 0.